The Morgan fingerprint density at radius 3 is 2.45 bits per heavy atom. The number of H-pyrrole nitrogens is 1. The molecule has 178 valence electrons. The van der Waals surface area contributed by atoms with Gasteiger partial charge in [0.15, 0.2) is 0 Å². The number of likely N-dealkylation sites (tertiary alicyclic amines) is 1. The van der Waals surface area contributed by atoms with Gasteiger partial charge in [0.25, 0.3) is 0 Å². The summed E-state index contributed by atoms with van der Waals surface area (Å²) in [4.78, 5) is 15.1. The molecule has 3 fully saturated rings. The minimum Gasteiger partial charge on any atom is -0.446 e. The predicted octanol–water partition coefficient (Wildman–Crippen LogP) is 5.78. The van der Waals surface area contributed by atoms with Crippen LogP contribution in [-0.4, -0.2) is 52.6 Å². The van der Waals surface area contributed by atoms with Crippen molar-refractivity contribution in [1.82, 2.24) is 15.1 Å². The number of ether oxygens (including phenoxy) is 2. The van der Waals surface area contributed by atoms with Crippen LogP contribution in [0.25, 0.3) is 0 Å². The Balaban J connectivity index is 1.22. The largest absolute Gasteiger partial charge is 0.446 e. The van der Waals surface area contributed by atoms with Crippen LogP contribution >= 0.6 is 0 Å². The first-order valence-corrected chi connectivity index (χ1v) is 12.9. The Kier molecular flexibility index (Phi) is 7.30. The molecule has 5 rings (SSSR count). The molecule has 0 unspecified atom stereocenters. The molecule has 0 bridgehead atoms. The number of aromatic amines is 1. The lowest BCUT2D eigenvalue weighted by atomic mass is 9.82. The number of benzene rings is 1. The first kappa shape index (κ1) is 22.5. The molecule has 1 saturated heterocycles. The molecule has 1 aromatic carbocycles. The summed E-state index contributed by atoms with van der Waals surface area (Å²) in [6, 6.07) is 12.9. The molecule has 1 aliphatic heterocycles. The topological polar surface area (TPSA) is 67.5 Å². The fourth-order valence-corrected chi connectivity index (χ4v) is 6.06. The lowest BCUT2D eigenvalue weighted by Gasteiger charge is -2.41. The first-order chi connectivity index (χ1) is 16.3. The minimum atomic E-state index is -0.160. The molecule has 0 spiro atoms. The van der Waals surface area contributed by atoms with Crippen molar-refractivity contribution in [1.29, 1.82) is 0 Å². The van der Waals surface area contributed by atoms with Crippen molar-refractivity contribution >= 4 is 6.09 Å². The van der Waals surface area contributed by atoms with E-state index in [0.29, 0.717) is 12.5 Å². The van der Waals surface area contributed by atoms with Gasteiger partial charge in [-0.05, 0) is 81.8 Å². The van der Waals surface area contributed by atoms with Crippen LogP contribution in [0.3, 0.4) is 0 Å². The molecule has 3 aliphatic rings. The van der Waals surface area contributed by atoms with Crippen molar-refractivity contribution in [2.45, 2.75) is 94.3 Å². The van der Waals surface area contributed by atoms with Crippen molar-refractivity contribution in [2.24, 2.45) is 0 Å². The number of hydrogen-bond donors (Lipinski definition) is 1. The standard InChI is InChI=1S/C27H37N3O3/c31-27(33-23-9-4-5-10-23)30-18-6-11-24(25-16-17-28-29-25)26(30)19-32-22-14-12-21(13-15-22)20-7-2-1-3-8-20/h1-3,7-8,16-17,21-24,26H,4-6,9-15,18-19H2,(H,28,29)/t21?,22?,24-,26+/m1/s1. The zero-order valence-corrected chi connectivity index (χ0v) is 19.5. The van der Waals surface area contributed by atoms with Crippen LogP contribution < -0.4 is 0 Å². The Morgan fingerprint density at radius 1 is 0.939 bits per heavy atom. The molecule has 6 nitrogen and oxygen atoms in total. The third kappa shape index (κ3) is 5.43. The van der Waals surface area contributed by atoms with Crippen LogP contribution in [0.15, 0.2) is 42.6 Å². The van der Waals surface area contributed by atoms with E-state index in [1.54, 1.807) is 6.20 Å². The molecule has 2 heterocycles. The Bertz CT molecular complexity index is 858. The van der Waals surface area contributed by atoms with Gasteiger partial charge in [-0.1, -0.05) is 30.3 Å². The minimum absolute atomic E-state index is 0.0139. The number of carbonyl (C=O) groups excluding carboxylic acids is 1. The first-order valence-electron chi connectivity index (χ1n) is 12.9. The van der Waals surface area contributed by atoms with Gasteiger partial charge in [-0.15, -0.1) is 0 Å². The second-order valence-corrected chi connectivity index (χ2v) is 10.0. The van der Waals surface area contributed by atoms with Gasteiger partial charge in [0.2, 0.25) is 0 Å². The van der Waals surface area contributed by atoms with Crippen molar-refractivity contribution < 1.29 is 14.3 Å². The summed E-state index contributed by atoms with van der Waals surface area (Å²) in [5.41, 5.74) is 2.54. The average molecular weight is 452 g/mol. The smallest absolute Gasteiger partial charge is 0.410 e. The van der Waals surface area contributed by atoms with Crippen LogP contribution in [0.5, 0.6) is 0 Å². The van der Waals surface area contributed by atoms with Crippen molar-refractivity contribution in [3.05, 3.63) is 53.9 Å². The molecule has 2 aromatic rings. The lowest BCUT2D eigenvalue weighted by molar-refractivity contribution is -0.0307. The van der Waals surface area contributed by atoms with Gasteiger partial charge in [0.1, 0.15) is 6.10 Å². The maximum Gasteiger partial charge on any atom is 0.410 e. The summed E-state index contributed by atoms with van der Waals surface area (Å²) in [7, 11) is 0. The fourth-order valence-electron chi connectivity index (χ4n) is 6.06. The molecule has 1 amide bonds. The summed E-state index contributed by atoms with van der Waals surface area (Å²) < 4.78 is 12.4. The summed E-state index contributed by atoms with van der Waals surface area (Å²) in [5.74, 6) is 0.842. The summed E-state index contributed by atoms with van der Waals surface area (Å²) in [6.07, 6.45) is 12.8. The van der Waals surface area contributed by atoms with Crippen molar-refractivity contribution in [2.75, 3.05) is 13.2 Å². The van der Waals surface area contributed by atoms with E-state index < -0.39 is 0 Å². The van der Waals surface area contributed by atoms with Crippen LogP contribution in [0.2, 0.25) is 0 Å². The van der Waals surface area contributed by atoms with Gasteiger partial charge >= 0.3 is 6.09 Å². The Labute approximate surface area is 197 Å². The van der Waals surface area contributed by atoms with E-state index in [1.165, 1.54) is 5.56 Å². The number of hydrogen-bond acceptors (Lipinski definition) is 4. The normalized spacial score (nSPS) is 28.7. The van der Waals surface area contributed by atoms with E-state index in [1.807, 2.05) is 11.0 Å². The molecular weight excluding hydrogens is 414 g/mol. The number of amides is 1. The second kappa shape index (κ2) is 10.7. The quantitative estimate of drug-likeness (QED) is 0.604. The predicted molar refractivity (Wildman–Crippen MR) is 127 cm³/mol. The van der Waals surface area contributed by atoms with Gasteiger partial charge in [0.05, 0.1) is 18.8 Å². The zero-order chi connectivity index (χ0) is 22.5. The molecular formula is C27H37N3O3. The number of carbonyl (C=O) groups is 1. The van der Waals surface area contributed by atoms with Crippen LogP contribution in [0.1, 0.15) is 87.3 Å². The van der Waals surface area contributed by atoms with E-state index in [2.05, 4.69) is 40.5 Å². The second-order valence-electron chi connectivity index (χ2n) is 10.0. The van der Waals surface area contributed by atoms with Gasteiger partial charge < -0.3 is 14.4 Å². The summed E-state index contributed by atoms with van der Waals surface area (Å²) in [6.45, 7) is 1.30. The SMILES string of the molecule is O=C(OC1CCCC1)N1CCC[C@H](c2ccn[nH]2)[C@@H]1COC1CCC(c2ccccc2)CC1. The molecule has 2 atom stereocenters. The highest BCUT2D eigenvalue weighted by molar-refractivity contribution is 5.68. The van der Waals surface area contributed by atoms with Crippen molar-refractivity contribution in [3.63, 3.8) is 0 Å². The van der Waals surface area contributed by atoms with E-state index in [9.17, 15) is 4.79 Å². The Morgan fingerprint density at radius 2 is 1.73 bits per heavy atom. The third-order valence-corrected chi connectivity index (χ3v) is 7.95. The highest BCUT2D eigenvalue weighted by Gasteiger charge is 2.38. The molecule has 2 aliphatic carbocycles. The maximum absolute atomic E-state index is 13.2. The lowest BCUT2D eigenvalue weighted by Crippen LogP contribution is -2.51. The van der Waals surface area contributed by atoms with Crippen LogP contribution in [-0.2, 0) is 9.47 Å². The molecule has 2 saturated carbocycles. The number of rotatable bonds is 6. The van der Waals surface area contributed by atoms with Gasteiger partial charge in [-0.25, -0.2) is 4.79 Å². The summed E-state index contributed by atoms with van der Waals surface area (Å²) in [5, 5.41) is 7.32. The Hall–Kier alpha value is -2.34. The zero-order valence-electron chi connectivity index (χ0n) is 19.5. The highest BCUT2D eigenvalue weighted by atomic mass is 16.6. The van der Waals surface area contributed by atoms with Crippen molar-refractivity contribution in [3.8, 4) is 0 Å². The van der Waals surface area contributed by atoms with Gasteiger partial charge in [-0.3, -0.25) is 5.10 Å². The molecule has 1 N–H and O–H groups in total. The van der Waals surface area contributed by atoms with E-state index >= 15 is 0 Å². The van der Waals surface area contributed by atoms with E-state index in [0.717, 1.165) is 76.4 Å². The van der Waals surface area contributed by atoms with E-state index in [-0.39, 0.29) is 30.3 Å². The molecule has 1 aromatic heterocycles. The number of aromatic nitrogens is 2. The molecule has 6 heteroatoms. The maximum atomic E-state index is 13.2. The van der Waals surface area contributed by atoms with Gasteiger partial charge in [-0.2, -0.15) is 5.10 Å². The van der Waals surface area contributed by atoms with Crippen LogP contribution in [0, 0.1) is 0 Å². The number of piperidine rings is 1. The average Bonchev–Trinajstić information content (AvgIpc) is 3.58. The number of nitrogens with zero attached hydrogens (tertiary/aromatic N) is 2. The number of nitrogens with one attached hydrogen (secondary N) is 1. The molecule has 33 heavy (non-hydrogen) atoms. The monoisotopic (exact) mass is 451 g/mol. The van der Waals surface area contributed by atoms with Crippen LogP contribution in [0.4, 0.5) is 4.79 Å². The fraction of sp³-hybridized carbons (Fsp3) is 0.630. The van der Waals surface area contributed by atoms with Gasteiger partial charge in [0, 0.05) is 24.4 Å². The third-order valence-electron chi connectivity index (χ3n) is 7.95. The summed E-state index contributed by atoms with van der Waals surface area (Å²) >= 11 is 0. The molecule has 0 radical (unpaired) electrons. The van der Waals surface area contributed by atoms with E-state index in [4.69, 9.17) is 9.47 Å². The highest BCUT2D eigenvalue weighted by Crippen LogP contribution is 2.36.